The Morgan fingerprint density at radius 3 is 2.23 bits per heavy atom. The number of nitrogens with zero attached hydrogens (tertiary/aromatic N) is 1. The van der Waals surface area contributed by atoms with Crippen LogP contribution in [0.25, 0.3) is 0 Å². The fourth-order valence-electron chi connectivity index (χ4n) is 2.94. The van der Waals surface area contributed by atoms with Gasteiger partial charge in [-0.3, -0.25) is 9.59 Å². The van der Waals surface area contributed by atoms with Gasteiger partial charge in [-0.1, -0.05) is 53.6 Å². The van der Waals surface area contributed by atoms with E-state index in [-0.39, 0.29) is 11.8 Å². The van der Waals surface area contributed by atoms with E-state index < -0.39 is 6.04 Å². The summed E-state index contributed by atoms with van der Waals surface area (Å²) in [6.07, 6.45) is 0.292. The van der Waals surface area contributed by atoms with Crippen molar-refractivity contribution in [1.29, 1.82) is 0 Å². The summed E-state index contributed by atoms with van der Waals surface area (Å²) < 4.78 is 0. The first-order valence-corrected chi connectivity index (χ1v) is 8.94. The highest BCUT2D eigenvalue weighted by Gasteiger charge is 2.25. The third-order valence-electron chi connectivity index (χ3n) is 4.73. The molecule has 0 bridgehead atoms. The Morgan fingerprint density at radius 2 is 1.62 bits per heavy atom. The van der Waals surface area contributed by atoms with Gasteiger partial charge < -0.3 is 10.2 Å². The molecule has 0 aliphatic carbocycles. The minimum Gasteiger partial charge on any atom is -0.357 e. The number of hydrogen-bond donors (Lipinski definition) is 1. The van der Waals surface area contributed by atoms with Gasteiger partial charge in [-0.25, -0.2) is 0 Å². The van der Waals surface area contributed by atoms with E-state index in [0.717, 1.165) is 22.3 Å². The van der Waals surface area contributed by atoms with E-state index in [4.69, 9.17) is 0 Å². The lowest BCUT2D eigenvalue weighted by Gasteiger charge is -2.28. The quantitative estimate of drug-likeness (QED) is 0.867. The summed E-state index contributed by atoms with van der Waals surface area (Å²) in [6, 6.07) is 13.6. The molecule has 1 atom stereocenters. The van der Waals surface area contributed by atoms with E-state index in [9.17, 15) is 9.59 Å². The Hall–Kier alpha value is -2.62. The second-order valence-corrected chi connectivity index (χ2v) is 6.90. The summed E-state index contributed by atoms with van der Waals surface area (Å²) in [5.74, 6) is -0.207. The molecule has 138 valence electrons. The van der Waals surface area contributed by atoms with Gasteiger partial charge >= 0.3 is 0 Å². The second kappa shape index (κ2) is 8.65. The number of amides is 2. The molecule has 2 aromatic carbocycles. The molecular weight excluding hydrogens is 324 g/mol. The molecule has 0 fully saturated rings. The molecule has 2 rings (SSSR count). The lowest BCUT2D eigenvalue weighted by molar-refractivity contribution is -0.139. The number of carbonyl (C=O) groups excluding carboxylic acids is 2. The van der Waals surface area contributed by atoms with Crippen LogP contribution in [0.4, 0.5) is 0 Å². The molecule has 26 heavy (non-hydrogen) atoms. The van der Waals surface area contributed by atoms with Crippen LogP contribution in [-0.4, -0.2) is 29.8 Å². The fraction of sp³-hybridized carbons (Fsp3) is 0.364. The molecule has 0 aliphatic rings. The van der Waals surface area contributed by atoms with Gasteiger partial charge in [0.25, 0.3) is 0 Å². The van der Waals surface area contributed by atoms with E-state index in [1.54, 1.807) is 18.9 Å². The van der Waals surface area contributed by atoms with Crippen LogP contribution in [0.15, 0.2) is 42.5 Å². The molecule has 2 amide bonds. The molecule has 0 saturated heterocycles. The van der Waals surface area contributed by atoms with E-state index in [2.05, 4.69) is 5.32 Å². The van der Waals surface area contributed by atoms with Gasteiger partial charge in [0.1, 0.15) is 6.04 Å². The lowest BCUT2D eigenvalue weighted by atomic mass is 10.0. The summed E-state index contributed by atoms with van der Waals surface area (Å²) in [4.78, 5) is 26.9. The van der Waals surface area contributed by atoms with Crippen LogP contribution >= 0.6 is 0 Å². The van der Waals surface area contributed by atoms with Gasteiger partial charge in [-0.15, -0.1) is 0 Å². The molecule has 0 heterocycles. The fourth-order valence-corrected chi connectivity index (χ4v) is 2.94. The molecule has 4 heteroatoms. The Labute approximate surface area is 156 Å². The van der Waals surface area contributed by atoms with E-state index in [1.165, 1.54) is 5.56 Å². The minimum atomic E-state index is -0.529. The Kier molecular flexibility index (Phi) is 6.56. The Balaban J connectivity index is 2.26. The molecule has 0 spiro atoms. The monoisotopic (exact) mass is 352 g/mol. The first kappa shape index (κ1) is 19.7. The highest BCUT2D eigenvalue weighted by atomic mass is 16.2. The van der Waals surface area contributed by atoms with Crippen molar-refractivity contribution in [2.75, 3.05) is 7.05 Å². The predicted molar refractivity (Wildman–Crippen MR) is 105 cm³/mol. The first-order valence-electron chi connectivity index (χ1n) is 8.94. The third-order valence-corrected chi connectivity index (χ3v) is 4.73. The van der Waals surface area contributed by atoms with Gasteiger partial charge in [0, 0.05) is 13.6 Å². The summed E-state index contributed by atoms with van der Waals surface area (Å²) >= 11 is 0. The second-order valence-electron chi connectivity index (χ2n) is 6.90. The number of hydrogen-bond acceptors (Lipinski definition) is 2. The maximum absolute atomic E-state index is 13.1. The maximum atomic E-state index is 13.1. The maximum Gasteiger partial charge on any atom is 0.242 e. The van der Waals surface area contributed by atoms with Crippen LogP contribution in [0.3, 0.4) is 0 Å². The van der Waals surface area contributed by atoms with Gasteiger partial charge in [0.15, 0.2) is 0 Å². The number of rotatable bonds is 6. The van der Waals surface area contributed by atoms with Gasteiger partial charge in [-0.05, 0) is 44.4 Å². The molecular formula is C22H28N2O2. The van der Waals surface area contributed by atoms with Gasteiger partial charge in [-0.2, -0.15) is 0 Å². The number of aryl methyl sites for hydroxylation is 3. The van der Waals surface area contributed by atoms with E-state index in [1.807, 2.05) is 63.2 Å². The molecule has 0 aromatic heterocycles. The normalized spacial score (nSPS) is 11.7. The topological polar surface area (TPSA) is 49.4 Å². The molecule has 4 nitrogen and oxygen atoms in total. The van der Waals surface area contributed by atoms with Crippen LogP contribution in [0.5, 0.6) is 0 Å². The summed E-state index contributed by atoms with van der Waals surface area (Å²) in [5, 5.41) is 2.65. The highest BCUT2D eigenvalue weighted by molar-refractivity contribution is 5.88. The number of nitrogens with one attached hydrogen (secondary N) is 1. The standard InChI is InChI=1S/C22H28N2O2/c1-15-7-10-19(11-8-15)14-24(18(4)22(26)23-5)21(25)13-20-12-16(2)6-9-17(20)3/h6-12,18H,13-14H2,1-5H3,(H,23,26). The van der Waals surface area contributed by atoms with E-state index in [0.29, 0.717) is 13.0 Å². The van der Waals surface area contributed by atoms with Crippen molar-refractivity contribution in [2.24, 2.45) is 0 Å². The summed E-state index contributed by atoms with van der Waals surface area (Å²) in [7, 11) is 1.60. The largest absolute Gasteiger partial charge is 0.357 e. The average Bonchev–Trinajstić information content (AvgIpc) is 2.62. The Bertz CT molecular complexity index is 781. The summed E-state index contributed by atoms with van der Waals surface area (Å²) in [6.45, 7) is 8.24. The number of benzene rings is 2. The van der Waals surface area contributed by atoms with E-state index >= 15 is 0 Å². The van der Waals surface area contributed by atoms with Crippen molar-refractivity contribution in [3.63, 3.8) is 0 Å². The minimum absolute atomic E-state index is 0.0459. The lowest BCUT2D eigenvalue weighted by Crippen LogP contribution is -2.47. The van der Waals surface area contributed by atoms with Crippen molar-refractivity contribution in [2.45, 2.75) is 46.7 Å². The first-order chi connectivity index (χ1) is 12.3. The van der Waals surface area contributed by atoms with Crippen LogP contribution in [0.2, 0.25) is 0 Å². The van der Waals surface area contributed by atoms with Crippen molar-refractivity contribution < 1.29 is 9.59 Å². The zero-order chi connectivity index (χ0) is 19.3. The highest BCUT2D eigenvalue weighted by Crippen LogP contribution is 2.16. The SMILES string of the molecule is CNC(=O)C(C)N(Cc1ccc(C)cc1)C(=O)Cc1cc(C)ccc1C. The molecule has 1 N–H and O–H groups in total. The van der Waals surface area contributed by atoms with Crippen LogP contribution in [0, 0.1) is 20.8 Å². The third kappa shape index (κ3) is 4.94. The van der Waals surface area contributed by atoms with Crippen molar-refractivity contribution >= 4 is 11.8 Å². The molecule has 0 radical (unpaired) electrons. The zero-order valence-corrected chi connectivity index (χ0v) is 16.3. The van der Waals surface area contributed by atoms with Gasteiger partial charge in [0.05, 0.1) is 6.42 Å². The zero-order valence-electron chi connectivity index (χ0n) is 16.3. The van der Waals surface area contributed by atoms with Crippen LogP contribution in [0.1, 0.15) is 34.7 Å². The van der Waals surface area contributed by atoms with Crippen molar-refractivity contribution in [3.05, 3.63) is 70.3 Å². The van der Waals surface area contributed by atoms with Crippen LogP contribution < -0.4 is 5.32 Å². The van der Waals surface area contributed by atoms with Crippen LogP contribution in [-0.2, 0) is 22.6 Å². The number of likely N-dealkylation sites (N-methyl/N-ethyl adjacent to an activating group) is 1. The number of carbonyl (C=O) groups is 2. The van der Waals surface area contributed by atoms with Crippen molar-refractivity contribution in [1.82, 2.24) is 10.2 Å². The molecule has 1 unspecified atom stereocenters. The molecule has 0 aliphatic heterocycles. The summed E-state index contributed by atoms with van der Waals surface area (Å²) in [5.41, 5.74) is 5.41. The van der Waals surface area contributed by atoms with Gasteiger partial charge in [0.2, 0.25) is 11.8 Å². The molecule has 0 saturated carbocycles. The smallest absolute Gasteiger partial charge is 0.242 e. The van der Waals surface area contributed by atoms with Crippen molar-refractivity contribution in [3.8, 4) is 0 Å². The Morgan fingerprint density at radius 1 is 1.00 bits per heavy atom. The average molecular weight is 352 g/mol. The predicted octanol–water partition coefficient (Wildman–Crippen LogP) is 3.32. The molecule has 2 aromatic rings.